The highest BCUT2D eigenvalue weighted by Crippen LogP contribution is 2.14. The van der Waals surface area contributed by atoms with Crippen LogP contribution in [-0.2, 0) is 9.53 Å². The van der Waals surface area contributed by atoms with Gasteiger partial charge in [-0.1, -0.05) is 11.8 Å². The molecule has 0 aromatic rings. The maximum atomic E-state index is 11.6. The summed E-state index contributed by atoms with van der Waals surface area (Å²) in [5.74, 6) is 7.90. The van der Waals surface area contributed by atoms with Crippen molar-refractivity contribution in [2.45, 2.75) is 33.3 Å². The SMILES string of the molecule is CC(C)(C)C#CCC(=O)C1CSCCO1. The number of thioether (sulfide) groups is 1. The van der Waals surface area contributed by atoms with E-state index in [4.69, 9.17) is 4.74 Å². The Kier molecular flexibility index (Phi) is 4.69. The van der Waals surface area contributed by atoms with E-state index in [1.54, 1.807) is 11.8 Å². The van der Waals surface area contributed by atoms with Crippen molar-refractivity contribution in [3.8, 4) is 11.8 Å². The van der Waals surface area contributed by atoms with Crippen molar-refractivity contribution in [3.63, 3.8) is 0 Å². The molecule has 0 radical (unpaired) electrons. The minimum Gasteiger partial charge on any atom is -0.369 e. The van der Waals surface area contributed by atoms with Crippen molar-refractivity contribution in [1.29, 1.82) is 0 Å². The number of rotatable bonds is 2. The zero-order chi connectivity index (χ0) is 11.3. The van der Waals surface area contributed by atoms with Crippen molar-refractivity contribution in [3.05, 3.63) is 0 Å². The third-order valence-corrected chi connectivity index (χ3v) is 2.89. The van der Waals surface area contributed by atoms with Gasteiger partial charge >= 0.3 is 0 Å². The van der Waals surface area contributed by atoms with Gasteiger partial charge in [0, 0.05) is 16.9 Å². The van der Waals surface area contributed by atoms with E-state index >= 15 is 0 Å². The fraction of sp³-hybridized carbons (Fsp3) is 0.750. The van der Waals surface area contributed by atoms with Gasteiger partial charge in [0.25, 0.3) is 0 Å². The van der Waals surface area contributed by atoms with E-state index in [1.165, 1.54) is 0 Å². The van der Waals surface area contributed by atoms with E-state index in [-0.39, 0.29) is 17.3 Å². The topological polar surface area (TPSA) is 26.3 Å². The summed E-state index contributed by atoms with van der Waals surface area (Å²) in [6, 6.07) is 0. The van der Waals surface area contributed by atoms with E-state index in [1.807, 2.05) is 20.8 Å². The molecule has 1 aliphatic heterocycles. The smallest absolute Gasteiger partial charge is 0.174 e. The van der Waals surface area contributed by atoms with Crippen LogP contribution in [0.5, 0.6) is 0 Å². The van der Waals surface area contributed by atoms with E-state index in [9.17, 15) is 4.79 Å². The van der Waals surface area contributed by atoms with E-state index in [2.05, 4.69) is 11.8 Å². The molecule has 0 N–H and O–H groups in total. The quantitative estimate of drug-likeness (QED) is 0.675. The summed E-state index contributed by atoms with van der Waals surface area (Å²) in [6.07, 6.45) is 0.0979. The normalized spacial score (nSPS) is 21.7. The molecule has 1 unspecified atom stereocenters. The fourth-order valence-electron chi connectivity index (χ4n) is 1.18. The van der Waals surface area contributed by atoms with E-state index in [0.29, 0.717) is 13.0 Å². The average Bonchev–Trinajstić information content (AvgIpc) is 2.17. The van der Waals surface area contributed by atoms with Gasteiger partial charge in [-0.2, -0.15) is 11.8 Å². The lowest BCUT2D eigenvalue weighted by Gasteiger charge is -2.20. The first-order valence-corrected chi connectivity index (χ1v) is 6.36. The van der Waals surface area contributed by atoms with Gasteiger partial charge in [-0.05, 0) is 20.8 Å². The molecule has 84 valence electrons. The zero-order valence-corrected chi connectivity index (χ0v) is 10.4. The first kappa shape index (κ1) is 12.6. The monoisotopic (exact) mass is 226 g/mol. The Morgan fingerprint density at radius 2 is 2.27 bits per heavy atom. The van der Waals surface area contributed by atoms with Gasteiger partial charge in [0.2, 0.25) is 0 Å². The molecule has 1 rings (SSSR count). The van der Waals surface area contributed by atoms with Gasteiger partial charge in [0.1, 0.15) is 6.10 Å². The molecule has 0 bridgehead atoms. The summed E-state index contributed by atoms with van der Waals surface area (Å²) in [5.41, 5.74) is -0.0253. The predicted molar refractivity (Wildman–Crippen MR) is 63.9 cm³/mol. The average molecular weight is 226 g/mol. The number of carbonyl (C=O) groups is 1. The number of ether oxygens (including phenoxy) is 1. The van der Waals surface area contributed by atoms with Gasteiger partial charge in [-0.15, -0.1) is 0 Å². The molecule has 1 aliphatic rings. The van der Waals surface area contributed by atoms with Gasteiger partial charge < -0.3 is 4.74 Å². The molecule has 0 amide bonds. The lowest BCUT2D eigenvalue weighted by atomic mass is 9.97. The first-order valence-electron chi connectivity index (χ1n) is 5.21. The molecular formula is C12H18O2S. The van der Waals surface area contributed by atoms with Crippen LogP contribution >= 0.6 is 11.8 Å². The zero-order valence-electron chi connectivity index (χ0n) is 9.63. The number of hydrogen-bond acceptors (Lipinski definition) is 3. The van der Waals surface area contributed by atoms with Crippen molar-refractivity contribution in [2.75, 3.05) is 18.1 Å². The molecule has 1 saturated heterocycles. The molecule has 1 heterocycles. The van der Waals surface area contributed by atoms with Gasteiger partial charge in [0.15, 0.2) is 5.78 Å². The number of hydrogen-bond donors (Lipinski definition) is 0. The van der Waals surface area contributed by atoms with Crippen molar-refractivity contribution in [2.24, 2.45) is 5.41 Å². The molecule has 0 aromatic heterocycles. The molecule has 0 saturated carbocycles. The van der Waals surface area contributed by atoms with Gasteiger partial charge in [-0.25, -0.2) is 0 Å². The van der Waals surface area contributed by atoms with Crippen LogP contribution in [0, 0.1) is 17.3 Å². The van der Waals surface area contributed by atoms with Crippen LogP contribution in [0.15, 0.2) is 0 Å². The Hall–Kier alpha value is -0.460. The van der Waals surface area contributed by atoms with Crippen LogP contribution in [0.25, 0.3) is 0 Å². The Labute approximate surface area is 96.1 Å². The highest BCUT2D eigenvalue weighted by molar-refractivity contribution is 7.99. The molecule has 15 heavy (non-hydrogen) atoms. The van der Waals surface area contributed by atoms with Gasteiger partial charge in [-0.3, -0.25) is 4.79 Å². The van der Waals surface area contributed by atoms with Crippen LogP contribution in [0.3, 0.4) is 0 Å². The van der Waals surface area contributed by atoms with Gasteiger partial charge in [0.05, 0.1) is 13.0 Å². The van der Waals surface area contributed by atoms with E-state index < -0.39 is 0 Å². The molecule has 1 fully saturated rings. The lowest BCUT2D eigenvalue weighted by Crippen LogP contribution is -2.31. The fourth-order valence-corrected chi connectivity index (χ4v) is 2.06. The van der Waals surface area contributed by atoms with Crippen LogP contribution < -0.4 is 0 Å². The second-order valence-corrected chi connectivity index (χ2v) is 5.78. The Morgan fingerprint density at radius 1 is 1.53 bits per heavy atom. The number of carbonyl (C=O) groups excluding carboxylic acids is 1. The van der Waals surface area contributed by atoms with Crippen molar-refractivity contribution < 1.29 is 9.53 Å². The first-order chi connectivity index (χ1) is 6.99. The van der Waals surface area contributed by atoms with E-state index in [0.717, 1.165) is 11.5 Å². The Balaban J connectivity index is 2.37. The van der Waals surface area contributed by atoms with Crippen molar-refractivity contribution in [1.82, 2.24) is 0 Å². The second kappa shape index (κ2) is 5.58. The molecule has 0 aliphatic carbocycles. The molecule has 3 heteroatoms. The summed E-state index contributed by atoms with van der Waals surface area (Å²) in [6.45, 7) is 6.81. The summed E-state index contributed by atoms with van der Waals surface area (Å²) in [4.78, 5) is 11.6. The predicted octanol–water partition coefficient (Wildman–Crippen LogP) is 2.13. The molecule has 2 nitrogen and oxygen atoms in total. The Morgan fingerprint density at radius 3 is 2.80 bits per heavy atom. The Bertz CT molecular complexity index is 274. The van der Waals surface area contributed by atoms with Crippen molar-refractivity contribution >= 4 is 17.5 Å². The van der Waals surface area contributed by atoms with Crippen LogP contribution in [0.1, 0.15) is 27.2 Å². The highest BCUT2D eigenvalue weighted by Gasteiger charge is 2.21. The molecule has 0 spiro atoms. The second-order valence-electron chi connectivity index (χ2n) is 4.63. The molecule has 1 atom stereocenters. The maximum absolute atomic E-state index is 11.6. The maximum Gasteiger partial charge on any atom is 0.174 e. The third kappa shape index (κ3) is 5.25. The summed E-state index contributed by atoms with van der Waals surface area (Å²) in [7, 11) is 0. The summed E-state index contributed by atoms with van der Waals surface area (Å²) < 4.78 is 5.38. The summed E-state index contributed by atoms with van der Waals surface area (Å²) >= 11 is 1.78. The largest absolute Gasteiger partial charge is 0.369 e. The minimum atomic E-state index is -0.224. The molecular weight excluding hydrogens is 208 g/mol. The minimum absolute atomic E-state index is 0.0253. The van der Waals surface area contributed by atoms with Crippen LogP contribution in [-0.4, -0.2) is 30.0 Å². The number of Topliss-reactive ketones (excluding diaryl/α,β-unsaturated/α-hetero) is 1. The number of ketones is 1. The molecule has 0 aromatic carbocycles. The third-order valence-electron chi connectivity index (χ3n) is 1.90. The summed E-state index contributed by atoms with van der Waals surface area (Å²) in [5, 5.41) is 0. The standard InChI is InChI=1S/C12H18O2S/c1-12(2,3)6-4-5-10(13)11-9-15-8-7-14-11/h11H,5,7-9H2,1-3H3. The lowest BCUT2D eigenvalue weighted by molar-refractivity contribution is -0.128. The highest BCUT2D eigenvalue weighted by atomic mass is 32.2. The van der Waals surface area contributed by atoms with Crippen LogP contribution in [0.2, 0.25) is 0 Å². The van der Waals surface area contributed by atoms with Crippen LogP contribution in [0.4, 0.5) is 0 Å².